The zero-order valence-corrected chi connectivity index (χ0v) is 17.5. The molecule has 0 bridgehead atoms. The molecule has 0 radical (unpaired) electrons. The zero-order valence-electron chi connectivity index (χ0n) is 15.1. The van der Waals surface area contributed by atoms with Crippen molar-refractivity contribution in [1.82, 2.24) is 0 Å². The molecule has 0 aliphatic heterocycles. The molecule has 0 atom stereocenters. The van der Waals surface area contributed by atoms with Gasteiger partial charge in [0.2, 0.25) is 0 Å². The Labute approximate surface area is 178 Å². The molecule has 8 nitrogen and oxygen atoms in total. The largest absolute Gasteiger partial charge is 0.478 e. The molecular formula is C19H15ClN2O6S2. The normalized spacial score (nSPS) is 11.6. The van der Waals surface area contributed by atoms with Crippen LogP contribution in [0.1, 0.15) is 10.4 Å². The summed E-state index contributed by atoms with van der Waals surface area (Å²) >= 11 is 5.78. The van der Waals surface area contributed by atoms with Crippen LogP contribution in [0.25, 0.3) is 0 Å². The van der Waals surface area contributed by atoms with Crippen LogP contribution in [-0.4, -0.2) is 27.9 Å². The Morgan fingerprint density at radius 3 is 1.87 bits per heavy atom. The first-order chi connectivity index (χ1) is 14.1. The second-order valence-corrected chi connectivity index (χ2v) is 9.88. The molecule has 0 unspecified atom stereocenters. The Kier molecular flexibility index (Phi) is 6.01. The zero-order chi connectivity index (χ0) is 21.9. The number of carboxylic acid groups (broad SMARTS) is 1. The first-order valence-electron chi connectivity index (χ1n) is 8.31. The third-order valence-electron chi connectivity index (χ3n) is 3.88. The Balaban J connectivity index is 1.87. The van der Waals surface area contributed by atoms with Crippen molar-refractivity contribution in [3.8, 4) is 0 Å². The highest BCUT2D eigenvalue weighted by Gasteiger charge is 2.19. The van der Waals surface area contributed by atoms with Gasteiger partial charge in [0.25, 0.3) is 20.0 Å². The van der Waals surface area contributed by atoms with Crippen molar-refractivity contribution in [2.24, 2.45) is 0 Å². The Bertz CT molecular complexity index is 1310. The number of hydrogen-bond acceptors (Lipinski definition) is 5. The van der Waals surface area contributed by atoms with Crippen molar-refractivity contribution in [3.63, 3.8) is 0 Å². The molecular weight excluding hydrogens is 452 g/mol. The summed E-state index contributed by atoms with van der Waals surface area (Å²) < 4.78 is 55.0. The van der Waals surface area contributed by atoms with Gasteiger partial charge in [-0.3, -0.25) is 9.44 Å². The van der Waals surface area contributed by atoms with Crippen LogP contribution in [0.2, 0.25) is 5.02 Å². The number of aromatic carboxylic acids is 1. The Hall–Kier alpha value is -3.08. The predicted molar refractivity (Wildman–Crippen MR) is 113 cm³/mol. The Morgan fingerprint density at radius 2 is 1.27 bits per heavy atom. The number of carbonyl (C=O) groups is 1. The van der Waals surface area contributed by atoms with Crippen molar-refractivity contribution in [2.45, 2.75) is 9.79 Å². The number of sulfonamides is 2. The van der Waals surface area contributed by atoms with Crippen LogP contribution in [0.15, 0.2) is 82.6 Å². The van der Waals surface area contributed by atoms with Crippen LogP contribution >= 0.6 is 11.6 Å². The van der Waals surface area contributed by atoms with Crippen molar-refractivity contribution >= 4 is 49.0 Å². The van der Waals surface area contributed by atoms with E-state index in [0.717, 1.165) is 12.1 Å². The third kappa shape index (κ3) is 5.09. The molecule has 0 aliphatic carbocycles. The predicted octanol–water partition coefficient (Wildman–Crippen LogP) is 3.64. The van der Waals surface area contributed by atoms with Crippen molar-refractivity contribution in [2.75, 3.05) is 9.44 Å². The molecule has 3 N–H and O–H groups in total. The second kappa shape index (κ2) is 8.34. The number of anilines is 2. The lowest BCUT2D eigenvalue weighted by Gasteiger charge is -2.12. The molecule has 0 fully saturated rings. The molecule has 3 aromatic rings. The molecule has 11 heteroatoms. The summed E-state index contributed by atoms with van der Waals surface area (Å²) in [7, 11) is -8.13. The molecule has 0 aliphatic rings. The summed E-state index contributed by atoms with van der Waals surface area (Å²) in [6, 6.07) is 16.0. The van der Waals surface area contributed by atoms with E-state index in [1.54, 1.807) is 0 Å². The summed E-state index contributed by atoms with van der Waals surface area (Å²) in [5.74, 6) is -1.27. The van der Waals surface area contributed by atoms with Gasteiger partial charge in [-0.1, -0.05) is 23.7 Å². The number of nitrogens with one attached hydrogen (secondary N) is 2. The van der Waals surface area contributed by atoms with E-state index >= 15 is 0 Å². The van der Waals surface area contributed by atoms with Gasteiger partial charge >= 0.3 is 5.97 Å². The SMILES string of the molecule is O=C(O)c1cccc(S(=O)(=O)Nc2cccc(S(=O)(=O)Nc3ccc(Cl)cc3)c2)c1. The molecule has 0 aromatic heterocycles. The number of carboxylic acids is 1. The maximum absolute atomic E-state index is 12.6. The lowest BCUT2D eigenvalue weighted by molar-refractivity contribution is 0.0696. The van der Waals surface area contributed by atoms with Gasteiger partial charge < -0.3 is 5.11 Å². The Morgan fingerprint density at radius 1 is 0.733 bits per heavy atom. The number of halogens is 1. The third-order valence-corrected chi connectivity index (χ3v) is 6.89. The van der Waals surface area contributed by atoms with Gasteiger partial charge in [0.05, 0.1) is 21.0 Å². The monoisotopic (exact) mass is 466 g/mol. The molecule has 0 spiro atoms. The van der Waals surface area contributed by atoms with Gasteiger partial charge in [0.15, 0.2) is 0 Å². The van der Waals surface area contributed by atoms with Crippen LogP contribution in [0.5, 0.6) is 0 Å². The maximum atomic E-state index is 12.6. The molecule has 0 saturated heterocycles. The van der Waals surface area contributed by atoms with Gasteiger partial charge in [0.1, 0.15) is 0 Å². The smallest absolute Gasteiger partial charge is 0.335 e. The van der Waals surface area contributed by atoms with Crippen molar-refractivity contribution in [3.05, 3.63) is 83.4 Å². The molecule has 3 rings (SSSR count). The van der Waals surface area contributed by atoms with Crippen molar-refractivity contribution < 1.29 is 26.7 Å². The van der Waals surface area contributed by atoms with Gasteiger partial charge in [-0.05, 0) is 60.7 Å². The van der Waals surface area contributed by atoms with E-state index in [-0.39, 0.29) is 26.7 Å². The van der Waals surface area contributed by atoms with Crippen LogP contribution in [0.3, 0.4) is 0 Å². The van der Waals surface area contributed by atoms with Gasteiger partial charge in [-0.15, -0.1) is 0 Å². The van der Waals surface area contributed by atoms with E-state index in [1.807, 2.05) is 0 Å². The summed E-state index contributed by atoms with van der Waals surface area (Å²) in [5, 5.41) is 9.48. The van der Waals surface area contributed by atoms with Gasteiger partial charge in [0, 0.05) is 10.7 Å². The van der Waals surface area contributed by atoms with Gasteiger partial charge in [-0.25, -0.2) is 21.6 Å². The minimum absolute atomic E-state index is 0.00490. The highest BCUT2D eigenvalue weighted by molar-refractivity contribution is 7.93. The molecule has 156 valence electrons. The average Bonchev–Trinajstić information content (AvgIpc) is 2.69. The van der Waals surface area contributed by atoms with Crippen LogP contribution in [-0.2, 0) is 20.0 Å². The minimum Gasteiger partial charge on any atom is -0.478 e. The van der Waals surface area contributed by atoms with Crippen LogP contribution in [0, 0.1) is 0 Å². The fourth-order valence-corrected chi connectivity index (χ4v) is 4.79. The standard InChI is InChI=1S/C19H15ClN2O6S2/c20-14-7-9-15(10-8-14)21-30(27,28)18-6-2-4-16(12-18)22-29(25,26)17-5-1-3-13(11-17)19(23)24/h1-12,21-22H,(H,23,24). The summed E-state index contributed by atoms with van der Waals surface area (Å²) in [6.45, 7) is 0. The quantitative estimate of drug-likeness (QED) is 0.487. The number of hydrogen-bond donors (Lipinski definition) is 3. The van der Waals surface area contributed by atoms with E-state index in [4.69, 9.17) is 16.7 Å². The summed E-state index contributed by atoms with van der Waals surface area (Å²) in [4.78, 5) is 10.6. The summed E-state index contributed by atoms with van der Waals surface area (Å²) in [5.41, 5.74) is 0.0898. The fraction of sp³-hybridized carbons (Fsp3) is 0. The van der Waals surface area contributed by atoms with E-state index in [2.05, 4.69) is 9.44 Å². The molecule has 0 saturated carbocycles. The highest BCUT2D eigenvalue weighted by atomic mass is 35.5. The van der Waals surface area contributed by atoms with E-state index in [1.165, 1.54) is 60.7 Å². The van der Waals surface area contributed by atoms with E-state index in [0.29, 0.717) is 5.02 Å². The van der Waals surface area contributed by atoms with Crippen LogP contribution in [0.4, 0.5) is 11.4 Å². The molecule has 0 heterocycles. The lowest BCUT2D eigenvalue weighted by atomic mass is 10.2. The second-order valence-electron chi connectivity index (χ2n) is 6.08. The molecule has 30 heavy (non-hydrogen) atoms. The molecule has 0 amide bonds. The first-order valence-corrected chi connectivity index (χ1v) is 11.7. The van der Waals surface area contributed by atoms with E-state index in [9.17, 15) is 21.6 Å². The molecule has 3 aromatic carbocycles. The number of rotatable bonds is 7. The number of benzene rings is 3. The maximum Gasteiger partial charge on any atom is 0.335 e. The van der Waals surface area contributed by atoms with Crippen molar-refractivity contribution in [1.29, 1.82) is 0 Å². The lowest BCUT2D eigenvalue weighted by Crippen LogP contribution is -2.16. The van der Waals surface area contributed by atoms with Crippen LogP contribution < -0.4 is 9.44 Å². The first kappa shape index (κ1) is 21.6. The summed E-state index contributed by atoms with van der Waals surface area (Å²) in [6.07, 6.45) is 0. The topological polar surface area (TPSA) is 130 Å². The van der Waals surface area contributed by atoms with Gasteiger partial charge in [-0.2, -0.15) is 0 Å². The minimum atomic E-state index is -4.14. The average molecular weight is 467 g/mol. The van der Waals surface area contributed by atoms with E-state index < -0.39 is 26.0 Å². The highest BCUT2D eigenvalue weighted by Crippen LogP contribution is 2.23. The fourth-order valence-electron chi connectivity index (χ4n) is 2.47.